The molecular weight excluding hydrogens is 186 g/mol. The van der Waals surface area contributed by atoms with Gasteiger partial charge in [-0.25, -0.2) is 0 Å². The number of nitrogens with two attached hydrogens (primary N) is 1. The minimum atomic E-state index is 0.198. The third kappa shape index (κ3) is 2.04. The average Bonchev–Trinajstić information content (AvgIpc) is 2.17. The van der Waals surface area contributed by atoms with Crippen LogP contribution in [0.25, 0.3) is 10.8 Å². The Kier molecular flexibility index (Phi) is 2.50. The molecule has 2 heteroatoms. The van der Waals surface area contributed by atoms with E-state index in [1.54, 1.807) is 0 Å². The van der Waals surface area contributed by atoms with E-state index in [2.05, 4.69) is 0 Å². The van der Waals surface area contributed by atoms with Crippen molar-refractivity contribution in [3.63, 3.8) is 0 Å². The van der Waals surface area contributed by atoms with E-state index in [4.69, 9.17) is 10.5 Å². The van der Waals surface area contributed by atoms with E-state index in [0.29, 0.717) is 0 Å². The summed E-state index contributed by atoms with van der Waals surface area (Å²) in [5.41, 5.74) is 6.68. The molecule has 2 nitrogen and oxygen atoms in total. The molecule has 78 valence electrons. The van der Waals surface area contributed by atoms with Crippen LogP contribution >= 0.6 is 0 Å². The molecule has 0 fully saturated rings. The Morgan fingerprint density at radius 3 is 2.67 bits per heavy atom. The molecule has 0 aliphatic carbocycles. The Hall–Kier alpha value is -1.70. The van der Waals surface area contributed by atoms with Gasteiger partial charge in [0.25, 0.3) is 0 Å². The van der Waals surface area contributed by atoms with Gasteiger partial charge in [-0.05, 0) is 43.5 Å². The minimum Gasteiger partial charge on any atom is -0.491 e. The smallest absolute Gasteiger partial charge is 0.120 e. The fourth-order valence-electron chi connectivity index (χ4n) is 1.63. The summed E-state index contributed by atoms with van der Waals surface area (Å²) in [4.78, 5) is 0. The van der Waals surface area contributed by atoms with Gasteiger partial charge < -0.3 is 10.5 Å². The summed E-state index contributed by atoms with van der Waals surface area (Å²) in [6, 6.07) is 11.9. The molecule has 0 atom stereocenters. The lowest BCUT2D eigenvalue weighted by atomic mass is 10.1. The van der Waals surface area contributed by atoms with Crippen LogP contribution in [-0.4, -0.2) is 6.10 Å². The van der Waals surface area contributed by atoms with Crippen LogP contribution in [0.15, 0.2) is 36.4 Å². The first-order chi connectivity index (χ1) is 7.16. The van der Waals surface area contributed by atoms with E-state index in [9.17, 15) is 0 Å². The number of nitrogen functional groups attached to an aromatic ring is 1. The minimum absolute atomic E-state index is 0.198. The highest BCUT2D eigenvalue weighted by Crippen LogP contribution is 2.25. The molecule has 0 aromatic heterocycles. The van der Waals surface area contributed by atoms with E-state index in [0.717, 1.165) is 22.2 Å². The van der Waals surface area contributed by atoms with Crippen molar-refractivity contribution in [3.05, 3.63) is 36.4 Å². The first kappa shape index (κ1) is 9.84. The number of benzene rings is 2. The van der Waals surface area contributed by atoms with E-state index in [1.165, 1.54) is 0 Å². The zero-order valence-corrected chi connectivity index (χ0v) is 9.03. The highest BCUT2D eigenvalue weighted by molar-refractivity contribution is 5.93. The highest BCUT2D eigenvalue weighted by atomic mass is 16.5. The van der Waals surface area contributed by atoms with Crippen LogP contribution in [0.1, 0.15) is 13.8 Å². The molecule has 0 saturated heterocycles. The SMILES string of the molecule is CC(C)Oc1ccc2c(N)cccc2c1. The van der Waals surface area contributed by atoms with E-state index in [1.807, 2.05) is 50.2 Å². The molecule has 0 bridgehead atoms. The second-order valence-electron chi connectivity index (χ2n) is 3.90. The van der Waals surface area contributed by atoms with Crippen molar-refractivity contribution in [1.82, 2.24) is 0 Å². The fraction of sp³-hybridized carbons (Fsp3) is 0.231. The molecule has 2 rings (SSSR count). The van der Waals surface area contributed by atoms with Gasteiger partial charge in [0.1, 0.15) is 5.75 Å². The first-order valence-electron chi connectivity index (χ1n) is 5.12. The Balaban J connectivity index is 2.48. The third-order valence-corrected chi connectivity index (χ3v) is 2.26. The van der Waals surface area contributed by atoms with E-state index < -0.39 is 0 Å². The quantitative estimate of drug-likeness (QED) is 0.757. The van der Waals surface area contributed by atoms with Crippen molar-refractivity contribution < 1.29 is 4.74 Å². The van der Waals surface area contributed by atoms with Crippen LogP contribution in [0.2, 0.25) is 0 Å². The Labute approximate surface area is 89.7 Å². The number of hydrogen-bond donors (Lipinski definition) is 1. The Bertz CT molecular complexity index is 477. The molecule has 0 heterocycles. The summed E-state index contributed by atoms with van der Waals surface area (Å²) in [6.07, 6.45) is 0.198. The van der Waals surface area contributed by atoms with Gasteiger partial charge in [-0.1, -0.05) is 12.1 Å². The Morgan fingerprint density at radius 2 is 1.93 bits per heavy atom. The van der Waals surface area contributed by atoms with Gasteiger partial charge in [0.05, 0.1) is 6.10 Å². The lowest BCUT2D eigenvalue weighted by Crippen LogP contribution is -2.05. The number of rotatable bonds is 2. The molecule has 0 amide bonds. The molecule has 0 aliphatic rings. The van der Waals surface area contributed by atoms with Crippen LogP contribution in [-0.2, 0) is 0 Å². The predicted molar refractivity (Wildman–Crippen MR) is 64.1 cm³/mol. The molecule has 0 radical (unpaired) electrons. The van der Waals surface area contributed by atoms with Gasteiger partial charge in [0.2, 0.25) is 0 Å². The summed E-state index contributed by atoms with van der Waals surface area (Å²) in [7, 11) is 0. The van der Waals surface area contributed by atoms with Crippen LogP contribution in [0.3, 0.4) is 0 Å². The second-order valence-corrected chi connectivity index (χ2v) is 3.90. The van der Waals surface area contributed by atoms with Gasteiger partial charge in [0.15, 0.2) is 0 Å². The lowest BCUT2D eigenvalue weighted by Gasteiger charge is -2.10. The van der Waals surface area contributed by atoms with Crippen LogP contribution in [0.5, 0.6) is 5.75 Å². The second kappa shape index (κ2) is 3.81. The lowest BCUT2D eigenvalue weighted by molar-refractivity contribution is 0.243. The van der Waals surface area contributed by atoms with E-state index >= 15 is 0 Å². The number of ether oxygens (including phenoxy) is 1. The maximum Gasteiger partial charge on any atom is 0.120 e. The summed E-state index contributed by atoms with van der Waals surface area (Å²) >= 11 is 0. The maximum atomic E-state index is 5.87. The van der Waals surface area contributed by atoms with Crippen molar-refractivity contribution in [1.29, 1.82) is 0 Å². The topological polar surface area (TPSA) is 35.2 Å². The van der Waals surface area contributed by atoms with Crippen molar-refractivity contribution in [2.45, 2.75) is 20.0 Å². The monoisotopic (exact) mass is 201 g/mol. The van der Waals surface area contributed by atoms with Crippen LogP contribution in [0.4, 0.5) is 5.69 Å². The summed E-state index contributed by atoms with van der Waals surface area (Å²) in [6.45, 7) is 4.03. The average molecular weight is 201 g/mol. The largest absolute Gasteiger partial charge is 0.491 e. The van der Waals surface area contributed by atoms with E-state index in [-0.39, 0.29) is 6.10 Å². The molecule has 15 heavy (non-hydrogen) atoms. The van der Waals surface area contributed by atoms with Gasteiger partial charge >= 0.3 is 0 Å². The zero-order chi connectivity index (χ0) is 10.8. The summed E-state index contributed by atoms with van der Waals surface area (Å²) in [5.74, 6) is 0.892. The fourth-order valence-corrected chi connectivity index (χ4v) is 1.63. The summed E-state index contributed by atoms with van der Waals surface area (Å²) < 4.78 is 5.62. The molecule has 2 N–H and O–H groups in total. The first-order valence-corrected chi connectivity index (χ1v) is 5.12. The normalized spacial score (nSPS) is 10.9. The van der Waals surface area contributed by atoms with Crippen LogP contribution in [0, 0.1) is 0 Å². The van der Waals surface area contributed by atoms with Crippen molar-refractivity contribution >= 4 is 16.5 Å². The molecule has 0 aliphatic heterocycles. The van der Waals surface area contributed by atoms with Crippen LogP contribution < -0.4 is 10.5 Å². The third-order valence-electron chi connectivity index (χ3n) is 2.26. The summed E-state index contributed by atoms with van der Waals surface area (Å²) in [5, 5.41) is 2.20. The highest BCUT2D eigenvalue weighted by Gasteiger charge is 2.01. The molecule has 2 aromatic rings. The van der Waals surface area contributed by atoms with Gasteiger partial charge in [0, 0.05) is 11.1 Å². The maximum absolute atomic E-state index is 5.87. The van der Waals surface area contributed by atoms with Gasteiger partial charge in [-0.3, -0.25) is 0 Å². The predicted octanol–water partition coefficient (Wildman–Crippen LogP) is 3.21. The van der Waals surface area contributed by atoms with Gasteiger partial charge in [-0.15, -0.1) is 0 Å². The Morgan fingerprint density at radius 1 is 1.13 bits per heavy atom. The van der Waals surface area contributed by atoms with Crippen molar-refractivity contribution in [2.24, 2.45) is 0 Å². The molecule has 2 aromatic carbocycles. The number of fused-ring (bicyclic) bond motifs is 1. The number of anilines is 1. The van der Waals surface area contributed by atoms with Crippen molar-refractivity contribution in [3.8, 4) is 5.75 Å². The number of hydrogen-bond acceptors (Lipinski definition) is 2. The zero-order valence-electron chi connectivity index (χ0n) is 9.03. The molecule has 0 unspecified atom stereocenters. The molecule has 0 saturated carbocycles. The van der Waals surface area contributed by atoms with Crippen molar-refractivity contribution in [2.75, 3.05) is 5.73 Å². The van der Waals surface area contributed by atoms with Gasteiger partial charge in [-0.2, -0.15) is 0 Å². The molecule has 0 spiro atoms. The molecular formula is C13H15NO. The standard InChI is InChI=1S/C13H15NO/c1-9(2)15-11-6-7-12-10(8-11)4-3-5-13(12)14/h3-9H,14H2,1-2H3.